The van der Waals surface area contributed by atoms with Crippen LogP contribution in [0.25, 0.3) is 0 Å². The molecule has 5 atom stereocenters. The van der Waals surface area contributed by atoms with E-state index in [1.54, 1.807) is 0 Å². The SMILES string of the molecule is CC12OC(=O)C1(C(O)C1C=CCCC1)CC(=O)C2CCBr. The number of aliphatic hydroxyl groups excluding tert-OH is 1. The Morgan fingerprint density at radius 2 is 2.29 bits per heavy atom. The maximum atomic E-state index is 12.4. The van der Waals surface area contributed by atoms with Crippen LogP contribution in [0.15, 0.2) is 12.2 Å². The Morgan fingerprint density at radius 3 is 2.86 bits per heavy atom. The number of Topliss-reactive ketones (excluding diaryl/α,β-unsaturated/α-hetero) is 1. The molecule has 0 aromatic rings. The highest BCUT2D eigenvalue weighted by Crippen LogP contribution is 2.62. The van der Waals surface area contributed by atoms with Crippen molar-refractivity contribution in [3.8, 4) is 0 Å². The molecular weight excluding hydrogens is 336 g/mol. The number of aliphatic hydroxyl groups is 1. The van der Waals surface area contributed by atoms with Gasteiger partial charge >= 0.3 is 5.97 Å². The molecule has 5 unspecified atom stereocenters. The van der Waals surface area contributed by atoms with Crippen molar-refractivity contribution in [1.82, 2.24) is 0 Å². The number of carbonyl (C=O) groups excluding carboxylic acids is 2. The van der Waals surface area contributed by atoms with Crippen LogP contribution < -0.4 is 0 Å². The third-order valence-electron chi connectivity index (χ3n) is 5.66. The van der Waals surface area contributed by atoms with Gasteiger partial charge in [0.05, 0.1) is 12.0 Å². The number of alkyl halides is 1. The number of hydrogen-bond acceptors (Lipinski definition) is 4. The molecule has 2 aliphatic carbocycles. The summed E-state index contributed by atoms with van der Waals surface area (Å²) in [5.74, 6) is -0.721. The fourth-order valence-electron chi connectivity index (χ4n) is 4.40. The molecule has 21 heavy (non-hydrogen) atoms. The summed E-state index contributed by atoms with van der Waals surface area (Å²) in [7, 11) is 0. The zero-order chi connectivity index (χ0) is 15.3. The van der Waals surface area contributed by atoms with Gasteiger partial charge in [-0.05, 0) is 32.6 Å². The Kier molecular flexibility index (Phi) is 3.77. The average molecular weight is 357 g/mol. The molecule has 1 heterocycles. The van der Waals surface area contributed by atoms with E-state index in [4.69, 9.17) is 4.74 Å². The first-order valence-electron chi connectivity index (χ1n) is 7.64. The molecule has 4 nitrogen and oxygen atoms in total. The lowest BCUT2D eigenvalue weighted by Gasteiger charge is -2.55. The van der Waals surface area contributed by atoms with Crippen LogP contribution in [0.1, 0.15) is 39.0 Å². The molecular formula is C16H21BrO4. The van der Waals surface area contributed by atoms with Crippen molar-refractivity contribution in [2.45, 2.75) is 50.7 Å². The van der Waals surface area contributed by atoms with Crippen LogP contribution in [-0.2, 0) is 14.3 Å². The van der Waals surface area contributed by atoms with Gasteiger partial charge in [0, 0.05) is 17.7 Å². The van der Waals surface area contributed by atoms with Crippen molar-refractivity contribution in [2.24, 2.45) is 17.3 Å². The van der Waals surface area contributed by atoms with Gasteiger partial charge in [0.25, 0.3) is 0 Å². The largest absolute Gasteiger partial charge is 0.457 e. The molecule has 0 amide bonds. The van der Waals surface area contributed by atoms with Gasteiger partial charge in [0.15, 0.2) is 0 Å². The van der Waals surface area contributed by atoms with Crippen molar-refractivity contribution in [3.63, 3.8) is 0 Å². The van der Waals surface area contributed by atoms with E-state index < -0.39 is 23.1 Å². The topological polar surface area (TPSA) is 63.6 Å². The second-order valence-electron chi connectivity index (χ2n) is 6.61. The van der Waals surface area contributed by atoms with Crippen LogP contribution >= 0.6 is 15.9 Å². The summed E-state index contributed by atoms with van der Waals surface area (Å²) in [6, 6.07) is 0. The average Bonchev–Trinajstić information content (AvgIpc) is 2.65. The normalized spacial score (nSPS) is 43.2. The Labute approximate surface area is 133 Å². The van der Waals surface area contributed by atoms with Crippen molar-refractivity contribution in [2.75, 3.05) is 5.33 Å². The summed E-state index contributed by atoms with van der Waals surface area (Å²) in [6.07, 6.45) is 6.87. The van der Waals surface area contributed by atoms with Gasteiger partial charge in [-0.1, -0.05) is 28.1 Å². The molecule has 1 saturated carbocycles. The standard InChI is InChI=1S/C16H21BrO4/c1-15-11(7-8-17)12(18)9-16(15,14(20)21-15)13(19)10-5-3-2-4-6-10/h3,5,10-11,13,19H,2,4,6-9H2,1H3. The molecule has 5 heteroatoms. The lowest BCUT2D eigenvalue weighted by molar-refractivity contribution is -0.262. The number of halogens is 1. The summed E-state index contributed by atoms with van der Waals surface area (Å²) in [5, 5.41) is 11.6. The molecule has 116 valence electrons. The number of esters is 1. The van der Waals surface area contributed by atoms with Crippen molar-refractivity contribution in [3.05, 3.63) is 12.2 Å². The van der Waals surface area contributed by atoms with Gasteiger partial charge in [0.2, 0.25) is 0 Å². The van der Waals surface area contributed by atoms with Crippen LogP contribution in [0.3, 0.4) is 0 Å². The summed E-state index contributed by atoms with van der Waals surface area (Å²) < 4.78 is 5.44. The molecule has 1 N–H and O–H groups in total. The quantitative estimate of drug-likeness (QED) is 0.477. The van der Waals surface area contributed by atoms with Crippen LogP contribution in [0.4, 0.5) is 0 Å². The third-order valence-corrected chi connectivity index (χ3v) is 6.12. The fourth-order valence-corrected chi connectivity index (χ4v) is 4.86. The highest BCUT2D eigenvalue weighted by Gasteiger charge is 2.78. The van der Waals surface area contributed by atoms with Crippen molar-refractivity contribution in [1.29, 1.82) is 0 Å². The van der Waals surface area contributed by atoms with E-state index in [2.05, 4.69) is 22.0 Å². The highest BCUT2D eigenvalue weighted by atomic mass is 79.9. The lowest BCUT2D eigenvalue weighted by atomic mass is 9.60. The van der Waals surface area contributed by atoms with E-state index in [-0.39, 0.29) is 24.0 Å². The van der Waals surface area contributed by atoms with Gasteiger partial charge in [-0.25, -0.2) is 0 Å². The summed E-state index contributed by atoms with van der Waals surface area (Å²) in [6.45, 7) is 1.82. The zero-order valence-electron chi connectivity index (χ0n) is 12.2. The highest BCUT2D eigenvalue weighted by molar-refractivity contribution is 9.09. The Bertz CT molecular complexity index is 503. The van der Waals surface area contributed by atoms with Crippen LogP contribution in [-0.4, -0.2) is 33.9 Å². The van der Waals surface area contributed by atoms with Gasteiger partial charge < -0.3 is 9.84 Å². The van der Waals surface area contributed by atoms with Gasteiger partial charge in [-0.3, -0.25) is 9.59 Å². The second-order valence-corrected chi connectivity index (χ2v) is 7.40. The molecule has 3 aliphatic rings. The molecule has 2 fully saturated rings. The zero-order valence-corrected chi connectivity index (χ0v) is 13.8. The lowest BCUT2D eigenvalue weighted by Crippen LogP contribution is -2.70. The Morgan fingerprint density at radius 1 is 1.52 bits per heavy atom. The van der Waals surface area contributed by atoms with Crippen LogP contribution in [0.5, 0.6) is 0 Å². The smallest absolute Gasteiger partial charge is 0.319 e. The maximum absolute atomic E-state index is 12.4. The molecule has 1 aliphatic heterocycles. The minimum Gasteiger partial charge on any atom is -0.457 e. The summed E-state index contributed by atoms with van der Waals surface area (Å²) in [5.41, 5.74) is -1.89. The van der Waals surface area contributed by atoms with Crippen molar-refractivity contribution < 1.29 is 19.4 Å². The molecule has 1 saturated heterocycles. The van der Waals surface area contributed by atoms with Gasteiger partial charge in [-0.15, -0.1) is 0 Å². The number of rotatable bonds is 4. The van der Waals surface area contributed by atoms with Crippen molar-refractivity contribution >= 4 is 27.7 Å². The minimum absolute atomic E-state index is 0.0432. The van der Waals surface area contributed by atoms with E-state index in [1.165, 1.54) is 0 Å². The van der Waals surface area contributed by atoms with E-state index in [1.807, 2.05) is 13.0 Å². The van der Waals surface area contributed by atoms with Gasteiger partial charge in [-0.2, -0.15) is 0 Å². The van der Waals surface area contributed by atoms with Crippen LogP contribution in [0.2, 0.25) is 0 Å². The predicted molar refractivity (Wildman–Crippen MR) is 80.9 cm³/mol. The first-order chi connectivity index (χ1) is 9.97. The predicted octanol–water partition coefficient (Wildman–Crippen LogP) is 2.38. The molecule has 3 rings (SSSR count). The summed E-state index contributed by atoms with van der Waals surface area (Å²) in [4.78, 5) is 24.6. The number of carbonyl (C=O) groups is 2. The van der Waals surface area contributed by atoms with E-state index in [0.717, 1.165) is 19.3 Å². The third kappa shape index (κ3) is 1.89. The molecule has 0 bridgehead atoms. The molecule has 0 radical (unpaired) electrons. The first kappa shape index (κ1) is 15.2. The van der Waals surface area contributed by atoms with E-state index >= 15 is 0 Å². The maximum Gasteiger partial charge on any atom is 0.319 e. The number of ether oxygens (including phenoxy) is 1. The number of hydrogen-bond donors (Lipinski definition) is 1. The van der Waals surface area contributed by atoms with Crippen LogP contribution in [0, 0.1) is 17.3 Å². The molecule has 0 aromatic carbocycles. The Balaban J connectivity index is 1.94. The Hall–Kier alpha value is -0.680. The minimum atomic E-state index is -1.04. The second kappa shape index (κ2) is 5.20. The number of fused-ring (bicyclic) bond motifs is 1. The first-order valence-corrected chi connectivity index (χ1v) is 8.76. The number of ketones is 1. The number of allylic oxidation sites excluding steroid dienone is 1. The molecule has 0 spiro atoms. The monoisotopic (exact) mass is 356 g/mol. The fraction of sp³-hybridized carbons (Fsp3) is 0.750. The summed E-state index contributed by atoms with van der Waals surface area (Å²) >= 11 is 3.36. The van der Waals surface area contributed by atoms with E-state index in [9.17, 15) is 14.7 Å². The van der Waals surface area contributed by atoms with Gasteiger partial charge in [0.1, 0.15) is 16.8 Å². The van der Waals surface area contributed by atoms with E-state index in [0.29, 0.717) is 11.8 Å². The molecule has 0 aromatic heterocycles.